The van der Waals surface area contributed by atoms with Crippen molar-refractivity contribution in [2.75, 3.05) is 31.6 Å². The summed E-state index contributed by atoms with van der Waals surface area (Å²) in [6.45, 7) is 5.53. The highest BCUT2D eigenvalue weighted by atomic mass is 16.5. The molecule has 1 amide bonds. The molecule has 3 heterocycles. The summed E-state index contributed by atoms with van der Waals surface area (Å²) >= 11 is 0. The fraction of sp³-hybridized carbons (Fsp3) is 0.533. The number of anilines is 1. The zero-order valence-corrected chi connectivity index (χ0v) is 13.1. The number of ether oxygens (including phenoxy) is 1. The summed E-state index contributed by atoms with van der Waals surface area (Å²) in [6.07, 6.45) is 4.21. The van der Waals surface area contributed by atoms with Crippen molar-refractivity contribution in [2.24, 2.45) is 0 Å². The molecule has 1 N–H and O–H groups in total. The third-order valence-corrected chi connectivity index (χ3v) is 3.72. The maximum Gasteiger partial charge on any atom is 0.226 e. The first-order valence-corrected chi connectivity index (χ1v) is 7.73. The van der Waals surface area contributed by atoms with Crippen molar-refractivity contribution in [2.45, 2.75) is 26.0 Å². The summed E-state index contributed by atoms with van der Waals surface area (Å²) in [4.78, 5) is 14.2. The van der Waals surface area contributed by atoms with Gasteiger partial charge in [-0.25, -0.2) is 0 Å². The first-order valence-electron chi connectivity index (χ1n) is 7.73. The molecule has 8 heteroatoms. The van der Waals surface area contributed by atoms with Crippen molar-refractivity contribution in [3.8, 4) is 0 Å². The molecule has 23 heavy (non-hydrogen) atoms. The Morgan fingerprint density at radius 3 is 3.17 bits per heavy atom. The van der Waals surface area contributed by atoms with Gasteiger partial charge in [-0.05, 0) is 13.0 Å². The Kier molecular flexibility index (Phi) is 5.04. The van der Waals surface area contributed by atoms with Crippen LogP contribution in [0.1, 0.15) is 12.2 Å². The molecule has 3 rings (SSSR count). The van der Waals surface area contributed by atoms with E-state index in [1.807, 2.05) is 16.9 Å². The molecule has 2 aromatic rings. The predicted molar refractivity (Wildman–Crippen MR) is 82.9 cm³/mol. The maximum atomic E-state index is 11.9. The summed E-state index contributed by atoms with van der Waals surface area (Å²) in [5.74, 6) is 1.08. The normalized spacial score (nSPS) is 18.9. The Balaban J connectivity index is 1.41. The van der Waals surface area contributed by atoms with Gasteiger partial charge in [0, 0.05) is 44.5 Å². The van der Waals surface area contributed by atoms with Crippen molar-refractivity contribution in [1.82, 2.24) is 19.8 Å². The van der Waals surface area contributed by atoms with Gasteiger partial charge in [0.25, 0.3) is 0 Å². The molecular formula is C15H21N5O3. The van der Waals surface area contributed by atoms with Crippen LogP contribution in [0.4, 0.5) is 5.82 Å². The lowest BCUT2D eigenvalue weighted by molar-refractivity contribution is -0.117. The third-order valence-electron chi connectivity index (χ3n) is 3.72. The largest absolute Gasteiger partial charge is 0.374 e. The van der Waals surface area contributed by atoms with E-state index in [1.165, 1.54) is 0 Å². The van der Waals surface area contributed by atoms with Crippen LogP contribution >= 0.6 is 0 Å². The van der Waals surface area contributed by atoms with Crippen LogP contribution in [-0.4, -0.2) is 58.1 Å². The standard InChI is InChI=1S/C15H21N5O3/c1-12-9-14(18-23-12)17-15(21)3-6-19-7-8-22-13(10-19)11-20-5-2-4-16-20/h2,4-5,9,13H,3,6-8,10-11H2,1H3,(H,17,18,21). The monoisotopic (exact) mass is 319 g/mol. The quantitative estimate of drug-likeness (QED) is 0.852. The van der Waals surface area contributed by atoms with Crippen LogP contribution in [0.25, 0.3) is 0 Å². The number of carbonyl (C=O) groups excluding carboxylic acids is 1. The topological polar surface area (TPSA) is 85.4 Å². The van der Waals surface area contributed by atoms with Crippen molar-refractivity contribution < 1.29 is 14.1 Å². The fourth-order valence-electron chi connectivity index (χ4n) is 2.60. The van der Waals surface area contributed by atoms with Gasteiger partial charge in [0.2, 0.25) is 5.91 Å². The number of nitrogens with zero attached hydrogens (tertiary/aromatic N) is 4. The third kappa shape index (κ3) is 4.64. The first kappa shape index (κ1) is 15.7. The molecule has 0 radical (unpaired) electrons. The van der Waals surface area contributed by atoms with E-state index >= 15 is 0 Å². The number of aryl methyl sites for hydroxylation is 1. The summed E-state index contributed by atoms with van der Waals surface area (Å²) in [7, 11) is 0. The number of aromatic nitrogens is 3. The van der Waals surface area contributed by atoms with Crippen LogP contribution in [0.3, 0.4) is 0 Å². The van der Waals surface area contributed by atoms with Crippen LogP contribution in [-0.2, 0) is 16.1 Å². The van der Waals surface area contributed by atoms with E-state index in [0.29, 0.717) is 31.2 Å². The predicted octanol–water partition coefficient (Wildman–Crippen LogP) is 0.909. The van der Waals surface area contributed by atoms with E-state index in [-0.39, 0.29) is 12.0 Å². The van der Waals surface area contributed by atoms with Crippen molar-refractivity contribution in [3.05, 3.63) is 30.3 Å². The van der Waals surface area contributed by atoms with Crippen LogP contribution in [0.15, 0.2) is 29.0 Å². The zero-order valence-electron chi connectivity index (χ0n) is 13.1. The lowest BCUT2D eigenvalue weighted by Crippen LogP contribution is -2.45. The lowest BCUT2D eigenvalue weighted by atomic mass is 10.2. The molecule has 1 aliphatic heterocycles. The molecule has 1 aliphatic rings. The summed E-state index contributed by atoms with van der Waals surface area (Å²) in [6, 6.07) is 3.60. The molecule has 0 aliphatic carbocycles. The first-order chi connectivity index (χ1) is 11.2. The van der Waals surface area contributed by atoms with Crippen LogP contribution in [0.5, 0.6) is 0 Å². The molecule has 1 saturated heterocycles. The molecule has 1 unspecified atom stereocenters. The minimum absolute atomic E-state index is 0.0616. The second-order valence-corrected chi connectivity index (χ2v) is 5.64. The van der Waals surface area contributed by atoms with Crippen LogP contribution in [0.2, 0.25) is 0 Å². The maximum absolute atomic E-state index is 11.9. The summed E-state index contributed by atoms with van der Waals surface area (Å²) < 4.78 is 12.6. The minimum atomic E-state index is -0.0616. The highest BCUT2D eigenvalue weighted by Crippen LogP contribution is 2.10. The number of carbonyl (C=O) groups is 1. The number of amides is 1. The zero-order chi connectivity index (χ0) is 16.1. The Labute approximate surface area is 134 Å². The van der Waals surface area contributed by atoms with Crippen molar-refractivity contribution in [3.63, 3.8) is 0 Å². The minimum Gasteiger partial charge on any atom is -0.374 e. The van der Waals surface area contributed by atoms with Gasteiger partial charge in [-0.3, -0.25) is 14.4 Å². The summed E-state index contributed by atoms with van der Waals surface area (Å²) in [5.41, 5.74) is 0. The average molecular weight is 319 g/mol. The number of hydrogen-bond acceptors (Lipinski definition) is 6. The molecule has 1 fully saturated rings. The highest BCUT2D eigenvalue weighted by Gasteiger charge is 2.21. The molecule has 0 bridgehead atoms. The summed E-state index contributed by atoms with van der Waals surface area (Å²) in [5, 5.41) is 10.7. The average Bonchev–Trinajstić information content (AvgIpc) is 3.18. The smallest absolute Gasteiger partial charge is 0.226 e. The molecule has 2 aromatic heterocycles. The van der Waals surface area contributed by atoms with Gasteiger partial charge in [-0.1, -0.05) is 5.16 Å². The Morgan fingerprint density at radius 1 is 1.52 bits per heavy atom. The van der Waals surface area contributed by atoms with E-state index in [0.717, 1.165) is 19.6 Å². The van der Waals surface area contributed by atoms with Gasteiger partial charge >= 0.3 is 0 Å². The second kappa shape index (κ2) is 7.38. The second-order valence-electron chi connectivity index (χ2n) is 5.64. The van der Waals surface area contributed by atoms with E-state index < -0.39 is 0 Å². The molecule has 0 spiro atoms. The van der Waals surface area contributed by atoms with Gasteiger partial charge in [0.05, 0.1) is 19.3 Å². The highest BCUT2D eigenvalue weighted by molar-refractivity contribution is 5.89. The van der Waals surface area contributed by atoms with Gasteiger partial charge in [-0.2, -0.15) is 5.10 Å². The Bertz CT molecular complexity index is 625. The van der Waals surface area contributed by atoms with Gasteiger partial charge in [-0.15, -0.1) is 0 Å². The van der Waals surface area contributed by atoms with Crippen molar-refractivity contribution >= 4 is 11.7 Å². The Morgan fingerprint density at radius 2 is 2.43 bits per heavy atom. The molecule has 8 nitrogen and oxygen atoms in total. The SMILES string of the molecule is Cc1cc(NC(=O)CCN2CCOC(Cn3cccn3)C2)no1. The van der Waals surface area contributed by atoms with Gasteiger partial charge in [0.15, 0.2) is 5.82 Å². The molecular weight excluding hydrogens is 298 g/mol. The van der Waals surface area contributed by atoms with Crippen LogP contribution in [0, 0.1) is 6.92 Å². The van der Waals surface area contributed by atoms with E-state index in [2.05, 4.69) is 20.5 Å². The molecule has 1 atom stereocenters. The number of hydrogen-bond donors (Lipinski definition) is 1. The number of nitrogens with one attached hydrogen (secondary N) is 1. The molecule has 0 aromatic carbocycles. The molecule has 0 saturated carbocycles. The fourth-order valence-corrected chi connectivity index (χ4v) is 2.60. The number of morpholine rings is 1. The van der Waals surface area contributed by atoms with Crippen molar-refractivity contribution in [1.29, 1.82) is 0 Å². The lowest BCUT2D eigenvalue weighted by Gasteiger charge is -2.32. The van der Waals surface area contributed by atoms with E-state index in [4.69, 9.17) is 9.26 Å². The van der Waals surface area contributed by atoms with E-state index in [1.54, 1.807) is 19.2 Å². The van der Waals surface area contributed by atoms with Gasteiger partial charge in [0.1, 0.15) is 5.76 Å². The van der Waals surface area contributed by atoms with E-state index in [9.17, 15) is 4.79 Å². The van der Waals surface area contributed by atoms with Crippen LogP contribution < -0.4 is 5.32 Å². The van der Waals surface area contributed by atoms with Gasteiger partial charge < -0.3 is 14.6 Å². The number of rotatable bonds is 6. The Hall–Kier alpha value is -2.19. The molecule has 124 valence electrons.